The van der Waals surface area contributed by atoms with Crippen molar-refractivity contribution in [2.45, 2.75) is 31.5 Å². The summed E-state index contributed by atoms with van der Waals surface area (Å²) in [5.41, 5.74) is 9.13. The van der Waals surface area contributed by atoms with Crippen LogP contribution in [0.1, 0.15) is 30.0 Å². The fourth-order valence-electron chi connectivity index (χ4n) is 5.05. The van der Waals surface area contributed by atoms with Gasteiger partial charge in [0, 0.05) is 45.2 Å². The van der Waals surface area contributed by atoms with E-state index in [1.807, 2.05) is 29.2 Å². The normalized spacial score (nSPS) is 26.0. The third-order valence-corrected chi connectivity index (χ3v) is 7.11. The second-order valence-corrected chi connectivity index (χ2v) is 9.89. The van der Waals surface area contributed by atoms with E-state index >= 15 is 0 Å². The van der Waals surface area contributed by atoms with Crippen LogP contribution >= 0.6 is 0 Å². The minimum absolute atomic E-state index is 0.0233. The lowest BCUT2D eigenvalue weighted by molar-refractivity contribution is -0.132. The van der Waals surface area contributed by atoms with Crippen LogP contribution in [0.2, 0.25) is 0 Å². The number of hydrazine groups is 1. The largest absolute Gasteiger partial charge is 0.497 e. The highest BCUT2D eigenvalue weighted by Crippen LogP contribution is 2.30. The number of nitrogens with zero attached hydrogens (tertiary/aromatic N) is 2. The highest BCUT2D eigenvalue weighted by molar-refractivity contribution is 5.78. The molecule has 2 saturated heterocycles. The number of methoxy groups -OCH3 is 1. The predicted molar refractivity (Wildman–Crippen MR) is 131 cm³/mol. The number of rotatable bonds is 9. The van der Waals surface area contributed by atoms with E-state index in [1.165, 1.54) is 18.4 Å². The first-order valence-corrected chi connectivity index (χ1v) is 12.5. The van der Waals surface area contributed by atoms with Crippen LogP contribution in [0.25, 0.3) is 0 Å². The number of benzene rings is 2. The van der Waals surface area contributed by atoms with E-state index in [0.29, 0.717) is 31.5 Å². The predicted octanol–water partition coefficient (Wildman–Crippen LogP) is 2.60. The first kappa shape index (κ1) is 23.3. The van der Waals surface area contributed by atoms with E-state index in [0.717, 1.165) is 37.6 Å². The van der Waals surface area contributed by atoms with E-state index in [1.54, 1.807) is 7.11 Å². The molecule has 34 heavy (non-hydrogen) atoms. The number of nitrogens with one attached hydrogen (secondary N) is 2. The molecule has 1 saturated carbocycles. The molecule has 0 radical (unpaired) electrons. The van der Waals surface area contributed by atoms with Crippen molar-refractivity contribution in [3.8, 4) is 5.75 Å². The quantitative estimate of drug-likeness (QED) is 0.595. The zero-order valence-corrected chi connectivity index (χ0v) is 20.0. The summed E-state index contributed by atoms with van der Waals surface area (Å²) in [6.45, 7) is 4.94. The van der Waals surface area contributed by atoms with Crippen molar-refractivity contribution >= 4 is 5.91 Å². The second-order valence-electron chi connectivity index (χ2n) is 9.89. The van der Waals surface area contributed by atoms with Crippen LogP contribution in [0.5, 0.6) is 5.75 Å². The fourth-order valence-corrected chi connectivity index (χ4v) is 5.05. The molecule has 3 unspecified atom stereocenters. The van der Waals surface area contributed by atoms with Crippen molar-refractivity contribution in [3.05, 3.63) is 65.7 Å². The molecule has 3 fully saturated rings. The molecule has 0 bridgehead atoms. The molecule has 5 rings (SSSR count). The molecular formula is C27H36N4O3. The van der Waals surface area contributed by atoms with Gasteiger partial charge < -0.3 is 14.4 Å². The van der Waals surface area contributed by atoms with Gasteiger partial charge in [0.05, 0.1) is 25.8 Å². The lowest BCUT2D eigenvalue weighted by atomic mass is 9.94. The number of hydrogen-bond donors (Lipinski definition) is 2. The molecule has 0 aromatic heterocycles. The summed E-state index contributed by atoms with van der Waals surface area (Å²) in [5, 5.41) is 0. The molecule has 2 aromatic carbocycles. The Morgan fingerprint density at radius 1 is 1.06 bits per heavy atom. The maximum Gasteiger partial charge on any atom is 0.237 e. The van der Waals surface area contributed by atoms with Gasteiger partial charge in [0.25, 0.3) is 0 Å². The van der Waals surface area contributed by atoms with Crippen LogP contribution < -0.4 is 15.6 Å². The van der Waals surface area contributed by atoms with Crippen LogP contribution in [0, 0.1) is 11.8 Å². The number of amides is 1. The Morgan fingerprint density at radius 3 is 2.71 bits per heavy atom. The van der Waals surface area contributed by atoms with Crippen LogP contribution in [0.4, 0.5) is 0 Å². The van der Waals surface area contributed by atoms with Crippen LogP contribution in [0.3, 0.4) is 0 Å². The lowest BCUT2D eigenvalue weighted by Gasteiger charge is -2.28. The van der Waals surface area contributed by atoms with E-state index < -0.39 is 0 Å². The van der Waals surface area contributed by atoms with Crippen LogP contribution in [-0.4, -0.2) is 68.3 Å². The van der Waals surface area contributed by atoms with Crippen LogP contribution in [-0.2, 0) is 16.1 Å². The molecule has 2 N–H and O–H groups in total. The summed E-state index contributed by atoms with van der Waals surface area (Å²) >= 11 is 0. The van der Waals surface area contributed by atoms with Gasteiger partial charge in [-0.1, -0.05) is 42.5 Å². The molecule has 0 spiro atoms. The van der Waals surface area contributed by atoms with Gasteiger partial charge in [0.2, 0.25) is 5.91 Å². The lowest BCUT2D eigenvalue weighted by Crippen LogP contribution is -2.40. The summed E-state index contributed by atoms with van der Waals surface area (Å²) in [5.74, 6) is 2.06. The molecule has 2 aliphatic heterocycles. The highest BCUT2D eigenvalue weighted by Gasteiger charge is 2.34. The van der Waals surface area contributed by atoms with Crippen molar-refractivity contribution < 1.29 is 14.3 Å². The Kier molecular flexibility index (Phi) is 7.45. The SMILES string of the molecule is COc1cccc(CN2CC(OCC3CC3)CN(CC3CNNC3c3ccccc3)CC2=O)c1. The Labute approximate surface area is 202 Å². The van der Waals surface area contributed by atoms with E-state index in [-0.39, 0.29) is 18.1 Å². The standard InChI is InChI=1S/C27H36N4O3/c1-33-24-9-5-6-21(12-24)14-31-17-25(34-19-20-10-11-20)16-30(18-26(31)32)15-23-13-28-29-27(23)22-7-3-2-4-8-22/h2-9,12,20,23,25,27-29H,10-11,13-19H2,1H3. The molecule has 7 heteroatoms. The Hall–Kier alpha value is -2.45. The first-order valence-electron chi connectivity index (χ1n) is 12.5. The van der Waals surface area contributed by atoms with Gasteiger partial charge in [-0.05, 0) is 42.0 Å². The van der Waals surface area contributed by atoms with Gasteiger partial charge in [0.1, 0.15) is 5.75 Å². The number of carbonyl (C=O) groups excluding carboxylic acids is 1. The smallest absolute Gasteiger partial charge is 0.237 e. The highest BCUT2D eigenvalue weighted by atomic mass is 16.5. The van der Waals surface area contributed by atoms with Gasteiger partial charge in [-0.25, -0.2) is 5.43 Å². The van der Waals surface area contributed by atoms with Gasteiger partial charge in [-0.15, -0.1) is 0 Å². The summed E-state index contributed by atoms with van der Waals surface area (Å²) < 4.78 is 11.7. The van der Waals surface area contributed by atoms with Crippen molar-refractivity contribution in [1.29, 1.82) is 0 Å². The number of ether oxygens (including phenoxy) is 2. The van der Waals surface area contributed by atoms with Gasteiger partial charge in [0.15, 0.2) is 0 Å². The molecule has 1 aliphatic carbocycles. The van der Waals surface area contributed by atoms with Crippen LogP contribution in [0.15, 0.2) is 54.6 Å². The zero-order chi connectivity index (χ0) is 23.3. The summed E-state index contributed by atoms with van der Waals surface area (Å²) in [4.78, 5) is 17.6. The average molecular weight is 465 g/mol. The minimum Gasteiger partial charge on any atom is -0.497 e. The van der Waals surface area contributed by atoms with E-state index in [9.17, 15) is 4.79 Å². The Morgan fingerprint density at radius 2 is 1.91 bits per heavy atom. The monoisotopic (exact) mass is 464 g/mol. The minimum atomic E-state index is 0.0233. The summed E-state index contributed by atoms with van der Waals surface area (Å²) in [7, 11) is 1.67. The Balaban J connectivity index is 1.28. The Bertz CT molecular complexity index is 952. The topological polar surface area (TPSA) is 66.1 Å². The first-order chi connectivity index (χ1) is 16.7. The molecule has 3 aliphatic rings. The molecule has 2 aromatic rings. The van der Waals surface area contributed by atoms with Crippen molar-refractivity contribution in [3.63, 3.8) is 0 Å². The average Bonchev–Trinajstić information content (AvgIpc) is 3.60. The summed E-state index contributed by atoms with van der Waals surface area (Å²) in [6.07, 6.45) is 2.55. The van der Waals surface area contributed by atoms with E-state index in [4.69, 9.17) is 9.47 Å². The van der Waals surface area contributed by atoms with E-state index in [2.05, 4.69) is 46.1 Å². The molecule has 1 amide bonds. The maximum atomic E-state index is 13.4. The molecule has 2 heterocycles. The van der Waals surface area contributed by atoms with Crippen molar-refractivity contribution in [2.75, 3.05) is 46.4 Å². The molecule has 182 valence electrons. The molecule has 3 atom stereocenters. The maximum absolute atomic E-state index is 13.4. The van der Waals surface area contributed by atoms with Gasteiger partial charge in [-0.3, -0.25) is 15.1 Å². The third kappa shape index (κ3) is 5.96. The third-order valence-electron chi connectivity index (χ3n) is 7.11. The summed E-state index contributed by atoms with van der Waals surface area (Å²) in [6, 6.07) is 18.8. The number of hydrogen-bond acceptors (Lipinski definition) is 6. The van der Waals surface area contributed by atoms with Crippen molar-refractivity contribution in [1.82, 2.24) is 20.7 Å². The molecular weight excluding hydrogens is 428 g/mol. The molecule has 7 nitrogen and oxygen atoms in total. The second kappa shape index (κ2) is 10.9. The zero-order valence-electron chi connectivity index (χ0n) is 20.0. The fraction of sp³-hybridized carbons (Fsp3) is 0.519. The van der Waals surface area contributed by atoms with Crippen molar-refractivity contribution in [2.24, 2.45) is 11.8 Å². The van der Waals surface area contributed by atoms with Gasteiger partial charge >= 0.3 is 0 Å². The number of carbonyl (C=O) groups is 1. The van der Waals surface area contributed by atoms with Gasteiger partial charge in [-0.2, -0.15) is 0 Å².